The minimum atomic E-state index is -3.94. The van der Waals surface area contributed by atoms with E-state index in [1.54, 1.807) is 25.1 Å². The molecule has 3 amide bonds. The van der Waals surface area contributed by atoms with Crippen LogP contribution in [0.15, 0.2) is 47.4 Å². The van der Waals surface area contributed by atoms with E-state index in [4.69, 9.17) is 9.47 Å². The Labute approximate surface area is 266 Å². The lowest BCUT2D eigenvalue weighted by molar-refractivity contribution is -0.00834. The highest BCUT2D eigenvalue weighted by Crippen LogP contribution is 2.29. The van der Waals surface area contributed by atoms with E-state index in [2.05, 4.69) is 10.6 Å². The normalized spacial score (nSPS) is 21.1. The molecule has 13 heteroatoms. The van der Waals surface area contributed by atoms with Gasteiger partial charge in [0.15, 0.2) is 0 Å². The molecule has 0 bridgehead atoms. The number of rotatable bonds is 8. The monoisotopic (exact) mass is 650 g/mol. The molecule has 0 saturated carbocycles. The van der Waals surface area contributed by atoms with Crippen molar-refractivity contribution in [2.75, 3.05) is 38.7 Å². The molecule has 0 unspecified atom stereocenters. The van der Waals surface area contributed by atoms with E-state index >= 15 is 0 Å². The van der Waals surface area contributed by atoms with Crippen molar-refractivity contribution in [2.45, 2.75) is 83.1 Å². The molecule has 1 aliphatic heterocycles. The maximum atomic E-state index is 14.2. The van der Waals surface area contributed by atoms with E-state index in [9.17, 15) is 27.5 Å². The highest BCUT2D eigenvalue weighted by atomic mass is 32.2. The van der Waals surface area contributed by atoms with Crippen molar-refractivity contribution >= 4 is 27.6 Å². The number of urea groups is 1. The largest absolute Gasteiger partial charge is 0.490 e. The third-order valence-electron chi connectivity index (χ3n) is 7.69. The van der Waals surface area contributed by atoms with Crippen LogP contribution >= 0.6 is 0 Å². The van der Waals surface area contributed by atoms with Crippen molar-refractivity contribution in [2.24, 2.45) is 5.92 Å². The standard InChI is InChI=1S/C32H47FN4O7S/c1-21(2)34-32(40)35-26-12-15-29-28(17-26)31(39)37(23(4)20-38)18-22(3)30(43-16-8-7-9-24(5)44-29)19-36(6)45(41,42)27-13-10-25(33)11-14-27/h10-15,17,21-24,30,38H,7-9,16,18-20H2,1-6H3,(H2,34,35,40)/t22-,23-,24+,30-/m1/s1. The fraction of sp³-hybridized carbons (Fsp3) is 0.562. The maximum Gasteiger partial charge on any atom is 0.319 e. The first-order chi connectivity index (χ1) is 21.2. The number of fused-ring (bicyclic) bond motifs is 1. The molecule has 3 N–H and O–H groups in total. The van der Waals surface area contributed by atoms with Gasteiger partial charge >= 0.3 is 6.03 Å². The number of benzene rings is 2. The minimum absolute atomic E-state index is 0.00839. The number of carbonyl (C=O) groups is 2. The number of halogens is 1. The Morgan fingerprint density at radius 2 is 1.82 bits per heavy atom. The van der Waals surface area contributed by atoms with Crippen molar-refractivity contribution in [3.8, 4) is 5.75 Å². The summed E-state index contributed by atoms with van der Waals surface area (Å²) in [6.07, 6.45) is 1.34. The summed E-state index contributed by atoms with van der Waals surface area (Å²) in [7, 11) is -2.50. The molecule has 0 fully saturated rings. The molecule has 45 heavy (non-hydrogen) atoms. The number of nitrogens with zero attached hydrogens (tertiary/aromatic N) is 2. The Kier molecular flexibility index (Phi) is 13.2. The molecular formula is C32H47FN4O7S. The number of nitrogens with one attached hydrogen (secondary N) is 2. The molecule has 0 spiro atoms. The van der Waals surface area contributed by atoms with Gasteiger partial charge in [0.25, 0.3) is 5.91 Å². The predicted octanol–water partition coefficient (Wildman–Crippen LogP) is 4.47. The van der Waals surface area contributed by atoms with Gasteiger partial charge < -0.3 is 30.1 Å². The van der Waals surface area contributed by atoms with Crippen LogP contribution in [-0.4, -0.2) is 92.3 Å². The van der Waals surface area contributed by atoms with Crippen LogP contribution in [0, 0.1) is 11.7 Å². The van der Waals surface area contributed by atoms with Crippen LogP contribution in [0.5, 0.6) is 5.75 Å². The second kappa shape index (κ2) is 16.3. The first kappa shape index (κ1) is 36.2. The molecule has 1 heterocycles. The molecule has 2 aromatic rings. The van der Waals surface area contributed by atoms with Crippen LogP contribution in [0.4, 0.5) is 14.9 Å². The third kappa shape index (κ3) is 10.1. The molecule has 0 saturated heterocycles. The number of ether oxygens (including phenoxy) is 2. The Morgan fingerprint density at radius 1 is 1.13 bits per heavy atom. The zero-order chi connectivity index (χ0) is 33.3. The first-order valence-electron chi connectivity index (χ1n) is 15.4. The Hall–Kier alpha value is -3.26. The Morgan fingerprint density at radius 3 is 2.47 bits per heavy atom. The topological polar surface area (TPSA) is 138 Å². The van der Waals surface area contributed by atoms with E-state index in [0.717, 1.165) is 18.6 Å². The van der Waals surface area contributed by atoms with Gasteiger partial charge in [-0.05, 0) is 89.4 Å². The average molecular weight is 651 g/mol. The van der Waals surface area contributed by atoms with Crippen LogP contribution in [0.1, 0.15) is 64.2 Å². The quantitative estimate of drug-likeness (QED) is 0.383. The van der Waals surface area contributed by atoms with E-state index < -0.39 is 39.9 Å². The SMILES string of the molecule is CC(C)NC(=O)Nc1ccc2c(c1)C(=O)N([C@H](C)CO)C[C@@H](C)[C@@H](CN(C)S(=O)(=O)c1ccc(F)cc1)OCCCC[C@H](C)O2. The summed E-state index contributed by atoms with van der Waals surface area (Å²) in [4.78, 5) is 28.1. The number of anilines is 1. The summed E-state index contributed by atoms with van der Waals surface area (Å²) in [5.74, 6) is -0.953. The molecule has 11 nitrogen and oxygen atoms in total. The van der Waals surface area contributed by atoms with E-state index in [1.165, 1.54) is 28.4 Å². The van der Waals surface area contributed by atoms with Gasteiger partial charge in [-0.2, -0.15) is 4.31 Å². The summed E-state index contributed by atoms with van der Waals surface area (Å²) in [6.45, 7) is 9.36. The van der Waals surface area contributed by atoms with Gasteiger partial charge in [0.05, 0.1) is 35.3 Å². The molecule has 0 aromatic heterocycles. The Balaban J connectivity index is 1.96. The molecular weight excluding hydrogens is 603 g/mol. The third-order valence-corrected chi connectivity index (χ3v) is 9.53. The predicted molar refractivity (Wildman–Crippen MR) is 170 cm³/mol. The number of aliphatic hydroxyl groups is 1. The first-order valence-corrected chi connectivity index (χ1v) is 16.8. The maximum absolute atomic E-state index is 14.2. The summed E-state index contributed by atoms with van der Waals surface area (Å²) < 4.78 is 53.7. The number of aliphatic hydroxyl groups excluding tert-OH is 1. The van der Waals surface area contributed by atoms with Crippen LogP contribution < -0.4 is 15.4 Å². The number of sulfonamides is 1. The molecule has 0 aliphatic carbocycles. The number of hydrogen-bond acceptors (Lipinski definition) is 7. The smallest absolute Gasteiger partial charge is 0.319 e. The average Bonchev–Trinajstić information content (AvgIpc) is 2.98. The van der Waals surface area contributed by atoms with Crippen molar-refractivity contribution in [1.82, 2.24) is 14.5 Å². The second-order valence-corrected chi connectivity index (χ2v) is 14.0. The fourth-order valence-electron chi connectivity index (χ4n) is 5.03. The van der Waals surface area contributed by atoms with E-state index in [1.807, 2.05) is 27.7 Å². The van der Waals surface area contributed by atoms with E-state index in [-0.39, 0.29) is 48.2 Å². The molecule has 250 valence electrons. The summed E-state index contributed by atoms with van der Waals surface area (Å²) in [5, 5.41) is 15.7. The van der Waals surface area contributed by atoms with Gasteiger partial charge in [-0.1, -0.05) is 6.92 Å². The van der Waals surface area contributed by atoms with Crippen LogP contribution in [0.3, 0.4) is 0 Å². The Bertz CT molecular complexity index is 1390. The molecule has 1 aliphatic rings. The van der Waals surface area contributed by atoms with Crippen molar-refractivity contribution in [3.05, 3.63) is 53.8 Å². The molecule has 3 rings (SSSR count). The lowest BCUT2D eigenvalue weighted by atomic mass is 10.0. The molecule has 2 aromatic carbocycles. The second-order valence-electron chi connectivity index (χ2n) is 12.0. The van der Waals surface area contributed by atoms with Crippen molar-refractivity contribution in [3.63, 3.8) is 0 Å². The van der Waals surface area contributed by atoms with Gasteiger partial charge in [-0.25, -0.2) is 17.6 Å². The zero-order valence-electron chi connectivity index (χ0n) is 27.0. The lowest BCUT2D eigenvalue weighted by Gasteiger charge is -2.35. The van der Waals surface area contributed by atoms with Gasteiger partial charge in [0, 0.05) is 44.4 Å². The summed E-state index contributed by atoms with van der Waals surface area (Å²) in [6, 6.07) is 8.44. The summed E-state index contributed by atoms with van der Waals surface area (Å²) in [5.41, 5.74) is 0.623. The van der Waals surface area contributed by atoms with Crippen LogP contribution in [0.25, 0.3) is 0 Å². The van der Waals surface area contributed by atoms with Gasteiger partial charge in [-0.15, -0.1) is 0 Å². The van der Waals surface area contributed by atoms with Crippen molar-refractivity contribution in [1.29, 1.82) is 0 Å². The fourth-order valence-corrected chi connectivity index (χ4v) is 6.21. The highest BCUT2D eigenvalue weighted by molar-refractivity contribution is 7.89. The van der Waals surface area contributed by atoms with E-state index in [0.29, 0.717) is 30.9 Å². The van der Waals surface area contributed by atoms with Crippen molar-refractivity contribution < 1.29 is 37.0 Å². The lowest BCUT2D eigenvalue weighted by Crippen LogP contribution is -2.48. The molecule has 4 atom stereocenters. The summed E-state index contributed by atoms with van der Waals surface area (Å²) >= 11 is 0. The minimum Gasteiger partial charge on any atom is -0.490 e. The number of hydrogen-bond donors (Lipinski definition) is 3. The number of amides is 3. The van der Waals surface area contributed by atoms with Gasteiger partial charge in [0.1, 0.15) is 11.6 Å². The zero-order valence-corrected chi connectivity index (χ0v) is 27.8. The molecule has 0 radical (unpaired) electrons. The number of likely N-dealkylation sites (N-methyl/N-ethyl adjacent to an activating group) is 1. The van der Waals surface area contributed by atoms with Gasteiger partial charge in [0.2, 0.25) is 10.0 Å². The highest BCUT2D eigenvalue weighted by Gasteiger charge is 2.32. The van der Waals surface area contributed by atoms with Gasteiger partial charge in [-0.3, -0.25) is 4.79 Å². The van der Waals surface area contributed by atoms with Crippen LogP contribution in [0.2, 0.25) is 0 Å². The number of carbonyl (C=O) groups excluding carboxylic acids is 2. The van der Waals surface area contributed by atoms with Crippen LogP contribution in [-0.2, 0) is 14.8 Å².